The zero-order valence-electron chi connectivity index (χ0n) is 9.15. The molecule has 1 N–H and O–H groups in total. The van der Waals surface area contributed by atoms with Gasteiger partial charge in [-0.15, -0.1) is 0 Å². The number of benzene rings is 1. The van der Waals surface area contributed by atoms with E-state index in [0.29, 0.717) is 24.1 Å². The molecule has 0 unspecified atom stereocenters. The Morgan fingerprint density at radius 1 is 1.35 bits per heavy atom. The van der Waals surface area contributed by atoms with Gasteiger partial charge >= 0.3 is 0 Å². The molecule has 88 valence electrons. The molecule has 0 radical (unpaired) electrons. The summed E-state index contributed by atoms with van der Waals surface area (Å²) in [6.07, 6.45) is 0. The maximum absolute atomic E-state index is 11.0. The van der Waals surface area contributed by atoms with E-state index in [2.05, 4.69) is 10.3 Å². The highest BCUT2D eigenvalue weighted by Crippen LogP contribution is 2.37. The van der Waals surface area contributed by atoms with Crippen molar-refractivity contribution < 1.29 is 14.3 Å². The van der Waals surface area contributed by atoms with E-state index in [1.807, 2.05) is 12.1 Å². The van der Waals surface area contributed by atoms with Crippen LogP contribution in [0.5, 0.6) is 11.5 Å². The fourth-order valence-corrected chi connectivity index (χ4v) is 2.59. The molecule has 1 aliphatic rings. The second-order valence-corrected chi connectivity index (χ2v) is 4.69. The molecule has 1 aromatic heterocycles. The number of ether oxygens (including phenoxy) is 2. The van der Waals surface area contributed by atoms with Crippen LogP contribution in [-0.2, 0) is 4.79 Å². The van der Waals surface area contributed by atoms with Gasteiger partial charge in [0.05, 0.1) is 10.2 Å². The number of carbonyl (C=O) groups is 1. The van der Waals surface area contributed by atoms with Gasteiger partial charge in [0, 0.05) is 19.1 Å². The number of amides is 1. The van der Waals surface area contributed by atoms with Gasteiger partial charge in [-0.3, -0.25) is 4.79 Å². The van der Waals surface area contributed by atoms with E-state index in [4.69, 9.17) is 9.47 Å². The van der Waals surface area contributed by atoms with E-state index in [1.165, 1.54) is 18.3 Å². The van der Waals surface area contributed by atoms with Crippen LogP contribution in [0.2, 0.25) is 0 Å². The lowest BCUT2D eigenvalue weighted by atomic mass is 10.3. The number of rotatable bonds is 1. The third-order valence-electron chi connectivity index (χ3n) is 2.34. The Hall–Kier alpha value is -1.82. The minimum absolute atomic E-state index is 0.124. The third kappa shape index (κ3) is 1.91. The fraction of sp³-hybridized carbons (Fsp3) is 0.273. The van der Waals surface area contributed by atoms with E-state index >= 15 is 0 Å². The molecule has 2 heterocycles. The predicted molar refractivity (Wildman–Crippen MR) is 64.9 cm³/mol. The minimum Gasteiger partial charge on any atom is -0.486 e. The Balaban J connectivity index is 2.06. The molecule has 1 aromatic carbocycles. The van der Waals surface area contributed by atoms with E-state index in [1.54, 1.807) is 0 Å². The Kier molecular flexibility index (Phi) is 2.36. The van der Waals surface area contributed by atoms with Gasteiger partial charge in [0.15, 0.2) is 16.6 Å². The molecule has 0 aliphatic carbocycles. The first-order valence-corrected chi connectivity index (χ1v) is 6.02. The van der Waals surface area contributed by atoms with Crippen molar-refractivity contribution in [1.82, 2.24) is 4.98 Å². The quantitative estimate of drug-likeness (QED) is 0.841. The van der Waals surface area contributed by atoms with Crippen molar-refractivity contribution in [3.8, 4) is 11.5 Å². The van der Waals surface area contributed by atoms with Gasteiger partial charge in [0.25, 0.3) is 0 Å². The number of carbonyl (C=O) groups excluding carboxylic acids is 1. The molecular weight excluding hydrogens is 240 g/mol. The monoisotopic (exact) mass is 250 g/mol. The number of thiazole rings is 1. The van der Waals surface area contributed by atoms with E-state index in [-0.39, 0.29) is 5.91 Å². The van der Waals surface area contributed by atoms with Crippen molar-refractivity contribution >= 4 is 32.6 Å². The second-order valence-electron chi connectivity index (χ2n) is 3.66. The van der Waals surface area contributed by atoms with E-state index < -0.39 is 0 Å². The van der Waals surface area contributed by atoms with Gasteiger partial charge in [0.1, 0.15) is 13.2 Å². The number of aromatic nitrogens is 1. The van der Waals surface area contributed by atoms with E-state index in [9.17, 15) is 4.79 Å². The van der Waals surface area contributed by atoms with Crippen LogP contribution in [0.4, 0.5) is 5.13 Å². The van der Waals surface area contributed by atoms with Gasteiger partial charge in [-0.25, -0.2) is 4.98 Å². The van der Waals surface area contributed by atoms with Crippen molar-refractivity contribution in [2.45, 2.75) is 6.92 Å². The lowest BCUT2D eigenvalue weighted by Crippen LogP contribution is -2.15. The van der Waals surface area contributed by atoms with Gasteiger partial charge < -0.3 is 14.8 Å². The number of anilines is 1. The summed E-state index contributed by atoms with van der Waals surface area (Å²) in [7, 11) is 0. The summed E-state index contributed by atoms with van der Waals surface area (Å²) >= 11 is 1.42. The Labute approximate surface area is 101 Å². The number of nitrogens with zero attached hydrogens (tertiary/aromatic N) is 1. The predicted octanol–water partition coefficient (Wildman–Crippen LogP) is 2.03. The van der Waals surface area contributed by atoms with Crippen LogP contribution >= 0.6 is 11.3 Å². The Bertz CT molecular complexity index is 551. The average molecular weight is 250 g/mol. The molecule has 1 amide bonds. The van der Waals surface area contributed by atoms with Crippen LogP contribution in [0.15, 0.2) is 12.1 Å². The topological polar surface area (TPSA) is 60.5 Å². The lowest BCUT2D eigenvalue weighted by molar-refractivity contribution is -0.114. The molecule has 5 nitrogen and oxygen atoms in total. The molecule has 0 atom stereocenters. The van der Waals surface area contributed by atoms with Gasteiger partial charge in [0.2, 0.25) is 5.91 Å². The highest BCUT2D eigenvalue weighted by molar-refractivity contribution is 7.22. The standard InChI is InChI=1S/C11H10N2O3S/c1-6(14)12-11-13-7-4-8-9(5-10(7)17-11)16-3-2-15-8/h4-5H,2-3H2,1H3,(H,12,13,14). The third-order valence-corrected chi connectivity index (χ3v) is 3.27. The van der Waals surface area contributed by atoms with Crippen LogP contribution in [-0.4, -0.2) is 24.1 Å². The number of hydrogen-bond acceptors (Lipinski definition) is 5. The van der Waals surface area contributed by atoms with Crippen LogP contribution in [0.25, 0.3) is 10.2 Å². The summed E-state index contributed by atoms with van der Waals surface area (Å²) in [4.78, 5) is 15.3. The van der Waals surface area contributed by atoms with Crippen LogP contribution in [0.3, 0.4) is 0 Å². The molecule has 0 fully saturated rings. The van der Waals surface area contributed by atoms with Crippen molar-refractivity contribution in [3.63, 3.8) is 0 Å². The van der Waals surface area contributed by atoms with Gasteiger partial charge in [-0.1, -0.05) is 11.3 Å². The Morgan fingerprint density at radius 2 is 2.06 bits per heavy atom. The molecule has 0 spiro atoms. The Morgan fingerprint density at radius 3 is 2.76 bits per heavy atom. The molecular formula is C11H10N2O3S. The highest BCUT2D eigenvalue weighted by atomic mass is 32.1. The maximum atomic E-state index is 11.0. The first-order valence-electron chi connectivity index (χ1n) is 5.20. The number of fused-ring (bicyclic) bond motifs is 2. The summed E-state index contributed by atoms with van der Waals surface area (Å²) in [5, 5.41) is 3.26. The fourth-order valence-electron chi connectivity index (χ4n) is 1.67. The van der Waals surface area contributed by atoms with Crippen LogP contribution < -0.4 is 14.8 Å². The molecule has 0 saturated carbocycles. The molecule has 17 heavy (non-hydrogen) atoms. The van der Waals surface area contributed by atoms with Crippen molar-refractivity contribution in [1.29, 1.82) is 0 Å². The summed E-state index contributed by atoms with van der Waals surface area (Å²) in [5.74, 6) is 1.33. The molecule has 2 aromatic rings. The van der Waals surface area contributed by atoms with Crippen LogP contribution in [0.1, 0.15) is 6.92 Å². The second kappa shape index (κ2) is 3.89. The van der Waals surface area contributed by atoms with Gasteiger partial charge in [-0.2, -0.15) is 0 Å². The van der Waals surface area contributed by atoms with Crippen molar-refractivity contribution in [3.05, 3.63) is 12.1 Å². The first kappa shape index (κ1) is 10.3. The zero-order chi connectivity index (χ0) is 11.8. The highest BCUT2D eigenvalue weighted by Gasteiger charge is 2.15. The van der Waals surface area contributed by atoms with Crippen LogP contribution in [0, 0.1) is 0 Å². The lowest BCUT2D eigenvalue weighted by Gasteiger charge is -2.17. The molecule has 3 rings (SSSR count). The minimum atomic E-state index is -0.124. The molecule has 6 heteroatoms. The summed E-state index contributed by atoms with van der Waals surface area (Å²) in [6.45, 7) is 2.58. The molecule has 0 saturated heterocycles. The maximum Gasteiger partial charge on any atom is 0.223 e. The summed E-state index contributed by atoms with van der Waals surface area (Å²) in [6, 6.07) is 3.73. The number of hydrogen-bond donors (Lipinski definition) is 1. The average Bonchev–Trinajstić information content (AvgIpc) is 2.65. The normalized spacial score (nSPS) is 13.7. The SMILES string of the molecule is CC(=O)Nc1nc2cc3c(cc2s1)OCCO3. The summed E-state index contributed by atoms with van der Waals surface area (Å²) in [5.41, 5.74) is 0.808. The number of nitrogens with one attached hydrogen (secondary N) is 1. The van der Waals surface area contributed by atoms with Gasteiger partial charge in [-0.05, 0) is 0 Å². The summed E-state index contributed by atoms with van der Waals surface area (Å²) < 4.78 is 11.9. The smallest absolute Gasteiger partial charge is 0.223 e. The van der Waals surface area contributed by atoms with Crippen molar-refractivity contribution in [2.24, 2.45) is 0 Å². The molecule has 1 aliphatic heterocycles. The largest absolute Gasteiger partial charge is 0.486 e. The zero-order valence-corrected chi connectivity index (χ0v) is 9.97. The van der Waals surface area contributed by atoms with E-state index in [0.717, 1.165) is 16.0 Å². The van der Waals surface area contributed by atoms with Crippen molar-refractivity contribution in [2.75, 3.05) is 18.5 Å². The first-order chi connectivity index (χ1) is 8.22. The molecule has 0 bridgehead atoms.